The average molecular weight is 308 g/mol. The van der Waals surface area contributed by atoms with Crippen LogP contribution in [-0.4, -0.2) is 16.1 Å². The summed E-state index contributed by atoms with van der Waals surface area (Å²) < 4.78 is 6.55. The minimum absolute atomic E-state index is 0.00619. The highest BCUT2D eigenvalue weighted by atomic mass is 79.9. The number of pyridine rings is 1. The van der Waals surface area contributed by atoms with Gasteiger partial charge in [-0.05, 0) is 36.8 Å². The van der Waals surface area contributed by atoms with Gasteiger partial charge in [-0.25, -0.2) is 9.78 Å². The zero-order chi connectivity index (χ0) is 13.1. The monoisotopic (exact) mass is 307 g/mol. The van der Waals surface area contributed by atoms with Gasteiger partial charge >= 0.3 is 5.97 Å². The highest BCUT2D eigenvalue weighted by Gasteiger charge is 2.06. The number of benzene rings is 1. The summed E-state index contributed by atoms with van der Waals surface area (Å²) in [6.45, 7) is 1.93. The highest BCUT2D eigenvalue weighted by molar-refractivity contribution is 9.10. The first-order valence-electron chi connectivity index (χ1n) is 5.19. The Balaban J connectivity index is 2.23. The van der Waals surface area contributed by atoms with Crippen molar-refractivity contribution in [3.63, 3.8) is 0 Å². The molecule has 1 aromatic heterocycles. The van der Waals surface area contributed by atoms with Crippen molar-refractivity contribution < 1.29 is 14.6 Å². The third-order valence-corrected chi connectivity index (χ3v) is 2.83. The van der Waals surface area contributed by atoms with Crippen molar-refractivity contribution in [1.29, 1.82) is 0 Å². The predicted octanol–water partition coefficient (Wildman–Crippen LogP) is 3.64. The summed E-state index contributed by atoms with van der Waals surface area (Å²) in [7, 11) is 0. The third kappa shape index (κ3) is 2.87. The van der Waals surface area contributed by atoms with Crippen molar-refractivity contribution in [2.75, 3.05) is 0 Å². The fraction of sp³-hybridized carbons (Fsp3) is 0.0769. The number of hydrogen-bond acceptors (Lipinski definition) is 3. The molecule has 0 radical (unpaired) electrons. The van der Waals surface area contributed by atoms with E-state index in [0.29, 0.717) is 11.5 Å². The number of rotatable bonds is 3. The number of halogens is 1. The molecule has 0 fully saturated rings. The maximum absolute atomic E-state index is 10.7. The summed E-state index contributed by atoms with van der Waals surface area (Å²) in [5, 5.41) is 8.74. The molecule has 0 aliphatic rings. The summed E-state index contributed by atoms with van der Waals surface area (Å²) in [5.41, 5.74) is 0.980. The largest absolute Gasteiger partial charge is 0.477 e. The van der Waals surface area contributed by atoms with Crippen LogP contribution in [0.4, 0.5) is 0 Å². The number of hydrogen-bond donors (Lipinski definition) is 1. The van der Waals surface area contributed by atoms with E-state index in [9.17, 15) is 4.79 Å². The standard InChI is InChI=1S/C13H10BrNO3/c1-8-2-3-9(14)6-12(8)18-10-4-5-11(13(16)17)15-7-10/h2-7H,1H3,(H,16,17). The molecule has 0 aliphatic carbocycles. The van der Waals surface area contributed by atoms with E-state index in [1.54, 1.807) is 6.07 Å². The van der Waals surface area contributed by atoms with Crippen LogP contribution in [-0.2, 0) is 0 Å². The Hall–Kier alpha value is -1.88. The molecular formula is C13H10BrNO3. The van der Waals surface area contributed by atoms with Crippen molar-refractivity contribution in [3.8, 4) is 11.5 Å². The second-order valence-corrected chi connectivity index (χ2v) is 4.61. The highest BCUT2D eigenvalue weighted by Crippen LogP contribution is 2.27. The minimum Gasteiger partial charge on any atom is -0.477 e. The van der Waals surface area contributed by atoms with E-state index in [4.69, 9.17) is 9.84 Å². The van der Waals surface area contributed by atoms with Gasteiger partial charge in [0.25, 0.3) is 0 Å². The van der Waals surface area contributed by atoms with Crippen LogP contribution in [0.1, 0.15) is 16.1 Å². The molecule has 92 valence electrons. The molecule has 0 atom stereocenters. The molecule has 4 nitrogen and oxygen atoms in total. The molecule has 0 bridgehead atoms. The van der Waals surface area contributed by atoms with E-state index in [-0.39, 0.29) is 5.69 Å². The van der Waals surface area contributed by atoms with Gasteiger partial charge < -0.3 is 9.84 Å². The van der Waals surface area contributed by atoms with E-state index in [0.717, 1.165) is 10.0 Å². The summed E-state index contributed by atoms with van der Waals surface area (Å²) in [4.78, 5) is 14.4. The van der Waals surface area contributed by atoms with Crippen LogP contribution in [0, 0.1) is 6.92 Å². The number of aromatic carboxylic acids is 1. The molecule has 0 unspecified atom stereocenters. The molecule has 1 N–H and O–H groups in total. The second kappa shape index (κ2) is 5.18. The molecule has 18 heavy (non-hydrogen) atoms. The van der Waals surface area contributed by atoms with Gasteiger partial charge in [-0.1, -0.05) is 22.0 Å². The molecule has 0 amide bonds. The maximum atomic E-state index is 10.7. The molecule has 1 heterocycles. The number of aryl methyl sites for hydroxylation is 1. The van der Waals surface area contributed by atoms with Crippen molar-refractivity contribution in [3.05, 3.63) is 52.3 Å². The quantitative estimate of drug-likeness (QED) is 0.940. The first-order valence-corrected chi connectivity index (χ1v) is 5.99. The Morgan fingerprint density at radius 3 is 2.72 bits per heavy atom. The van der Waals surface area contributed by atoms with Gasteiger partial charge in [0.1, 0.15) is 17.2 Å². The molecule has 2 rings (SSSR count). The minimum atomic E-state index is -1.06. The molecule has 0 saturated heterocycles. The van der Waals surface area contributed by atoms with Crippen LogP contribution in [0.15, 0.2) is 41.0 Å². The van der Waals surface area contributed by atoms with Crippen molar-refractivity contribution in [2.45, 2.75) is 6.92 Å². The molecule has 0 spiro atoms. The van der Waals surface area contributed by atoms with Gasteiger partial charge in [0.2, 0.25) is 0 Å². The number of aromatic nitrogens is 1. The fourth-order valence-corrected chi connectivity index (χ4v) is 1.72. The van der Waals surface area contributed by atoms with Gasteiger partial charge in [0.15, 0.2) is 0 Å². The number of ether oxygens (including phenoxy) is 1. The summed E-state index contributed by atoms with van der Waals surface area (Å²) in [5.74, 6) is 0.149. The zero-order valence-electron chi connectivity index (χ0n) is 9.55. The number of nitrogens with zero attached hydrogens (tertiary/aromatic N) is 1. The Morgan fingerprint density at radius 2 is 2.11 bits per heavy atom. The molecule has 0 saturated carbocycles. The van der Waals surface area contributed by atoms with Gasteiger partial charge in [-0.3, -0.25) is 0 Å². The topological polar surface area (TPSA) is 59.4 Å². The lowest BCUT2D eigenvalue weighted by Gasteiger charge is -2.08. The number of carbonyl (C=O) groups is 1. The fourth-order valence-electron chi connectivity index (χ4n) is 1.38. The van der Waals surface area contributed by atoms with E-state index >= 15 is 0 Å². The van der Waals surface area contributed by atoms with E-state index in [2.05, 4.69) is 20.9 Å². The zero-order valence-corrected chi connectivity index (χ0v) is 11.1. The number of carboxylic acids is 1. The lowest BCUT2D eigenvalue weighted by molar-refractivity contribution is 0.0690. The van der Waals surface area contributed by atoms with Crippen LogP contribution in [0.3, 0.4) is 0 Å². The lowest BCUT2D eigenvalue weighted by Crippen LogP contribution is -1.99. The van der Waals surface area contributed by atoms with E-state index in [1.807, 2.05) is 25.1 Å². The Kier molecular flexibility index (Phi) is 3.62. The third-order valence-electron chi connectivity index (χ3n) is 2.33. The SMILES string of the molecule is Cc1ccc(Br)cc1Oc1ccc(C(=O)O)nc1. The van der Waals surface area contributed by atoms with Crippen LogP contribution in [0.25, 0.3) is 0 Å². The van der Waals surface area contributed by atoms with E-state index in [1.165, 1.54) is 12.3 Å². The maximum Gasteiger partial charge on any atom is 0.354 e. The molecule has 0 aliphatic heterocycles. The summed E-state index contributed by atoms with van der Waals surface area (Å²) in [6.07, 6.45) is 1.39. The van der Waals surface area contributed by atoms with Crippen molar-refractivity contribution in [1.82, 2.24) is 4.98 Å². The number of carboxylic acid groups (broad SMARTS) is 1. The van der Waals surface area contributed by atoms with Crippen molar-refractivity contribution >= 4 is 21.9 Å². The first-order chi connectivity index (χ1) is 8.56. The van der Waals surface area contributed by atoms with Crippen LogP contribution in [0.2, 0.25) is 0 Å². The van der Waals surface area contributed by atoms with Crippen LogP contribution in [0.5, 0.6) is 11.5 Å². The van der Waals surface area contributed by atoms with E-state index < -0.39 is 5.97 Å². The van der Waals surface area contributed by atoms with Gasteiger partial charge in [-0.15, -0.1) is 0 Å². The van der Waals surface area contributed by atoms with Gasteiger partial charge in [0.05, 0.1) is 6.20 Å². The Bertz CT molecular complexity index is 581. The van der Waals surface area contributed by atoms with Crippen molar-refractivity contribution in [2.24, 2.45) is 0 Å². The smallest absolute Gasteiger partial charge is 0.354 e. The van der Waals surface area contributed by atoms with Crippen LogP contribution >= 0.6 is 15.9 Å². The molecular weight excluding hydrogens is 298 g/mol. The Morgan fingerprint density at radius 1 is 1.33 bits per heavy atom. The average Bonchev–Trinajstić information content (AvgIpc) is 2.34. The van der Waals surface area contributed by atoms with Crippen LogP contribution < -0.4 is 4.74 Å². The summed E-state index contributed by atoms with van der Waals surface area (Å²) >= 11 is 3.37. The van der Waals surface area contributed by atoms with Gasteiger partial charge in [-0.2, -0.15) is 0 Å². The molecule has 2 aromatic rings. The molecule has 1 aromatic carbocycles. The summed E-state index contributed by atoms with van der Waals surface area (Å²) in [6, 6.07) is 8.69. The normalized spacial score (nSPS) is 10.1. The Labute approximate surface area is 112 Å². The second-order valence-electron chi connectivity index (χ2n) is 3.70. The molecule has 5 heteroatoms. The lowest BCUT2D eigenvalue weighted by atomic mass is 10.2. The van der Waals surface area contributed by atoms with Gasteiger partial charge in [0, 0.05) is 4.47 Å². The predicted molar refractivity (Wildman–Crippen MR) is 70.1 cm³/mol. The first kappa shape index (κ1) is 12.6.